The molecule has 1 unspecified atom stereocenters. The first-order valence-electron chi connectivity index (χ1n) is 5.90. The molecule has 0 bridgehead atoms. The Kier molecular flexibility index (Phi) is 4.71. The maximum absolute atomic E-state index is 10.7. The predicted molar refractivity (Wildman–Crippen MR) is 73.1 cm³/mol. The topological polar surface area (TPSA) is 55.1 Å². The number of nitrogens with two attached hydrogens (primary N) is 1. The van der Waals surface area contributed by atoms with Gasteiger partial charge in [-0.1, -0.05) is 20.8 Å². The Balaban J connectivity index is 2.48. The van der Waals surface area contributed by atoms with Crippen molar-refractivity contribution in [2.24, 2.45) is 5.73 Å². The number of nitrogens with one attached hydrogen (secondary N) is 1. The van der Waals surface area contributed by atoms with Crippen molar-refractivity contribution in [1.82, 2.24) is 5.32 Å². The van der Waals surface area contributed by atoms with E-state index in [-0.39, 0.29) is 17.4 Å². The molecule has 0 aliphatic heterocycles. The summed E-state index contributed by atoms with van der Waals surface area (Å²) in [5, 5.41) is 3.30. The summed E-state index contributed by atoms with van der Waals surface area (Å²) in [5.41, 5.74) is 5.36. The monoisotopic (exact) mass is 254 g/mol. The van der Waals surface area contributed by atoms with E-state index >= 15 is 0 Å². The zero-order valence-corrected chi connectivity index (χ0v) is 11.9. The molecule has 17 heavy (non-hydrogen) atoms. The quantitative estimate of drug-likeness (QED) is 0.847. The van der Waals surface area contributed by atoms with E-state index in [1.807, 2.05) is 18.3 Å². The highest BCUT2D eigenvalue weighted by Crippen LogP contribution is 2.29. The summed E-state index contributed by atoms with van der Waals surface area (Å²) in [6, 6.07) is 4.46. The van der Waals surface area contributed by atoms with Crippen LogP contribution in [-0.4, -0.2) is 11.9 Å². The van der Waals surface area contributed by atoms with Crippen LogP contribution in [0.3, 0.4) is 0 Å². The largest absolute Gasteiger partial charge is 0.370 e. The summed E-state index contributed by atoms with van der Waals surface area (Å²) < 4.78 is 0. The molecule has 0 radical (unpaired) electrons. The van der Waals surface area contributed by atoms with Crippen LogP contribution in [0, 0.1) is 0 Å². The van der Waals surface area contributed by atoms with Crippen LogP contribution in [0.2, 0.25) is 0 Å². The molecule has 0 spiro atoms. The van der Waals surface area contributed by atoms with Crippen molar-refractivity contribution in [2.45, 2.75) is 52.1 Å². The van der Waals surface area contributed by atoms with Crippen LogP contribution >= 0.6 is 11.3 Å². The summed E-state index contributed by atoms with van der Waals surface area (Å²) in [4.78, 5) is 13.4. The Morgan fingerprint density at radius 2 is 2.12 bits per heavy atom. The molecule has 4 heteroatoms. The summed E-state index contributed by atoms with van der Waals surface area (Å²) in [5.74, 6) is -0.258. The van der Waals surface area contributed by atoms with Crippen LogP contribution in [0.15, 0.2) is 12.1 Å². The highest BCUT2D eigenvalue weighted by Gasteiger charge is 2.16. The minimum atomic E-state index is -0.258. The molecule has 1 aromatic heterocycles. The second-order valence-corrected chi connectivity index (χ2v) is 6.64. The average molecular weight is 254 g/mol. The van der Waals surface area contributed by atoms with Gasteiger partial charge in [-0.25, -0.2) is 0 Å². The molecule has 3 nitrogen and oxygen atoms in total. The number of carbonyl (C=O) groups is 1. The molecule has 0 saturated carbocycles. The fourth-order valence-corrected chi connectivity index (χ4v) is 2.54. The second-order valence-electron chi connectivity index (χ2n) is 5.47. The molecule has 1 rings (SSSR count). The van der Waals surface area contributed by atoms with E-state index < -0.39 is 0 Å². The molecule has 0 aliphatic rings. The van der Waals surface area contributed by atoms with Gasteiger partial charge in [-0.3, -0.25) is 4.79 Å². The Hall–Kier alpha value is -0.870. The summed E-state index contributed by atoms with van der Waals surface area (Å²) in [6.45, 7) is 9.42. The van der Waals surface area contributed by atoms with Gasteiger partial charge in [-0.05, 0) is 24.5 Å². The van der Waals surface area contributed by atoms with Crippen molar-refractivity contribution in [1.29, 1.82) is 0 Å². The molecule has 0 saturated heterocycles. The van der Waals surface area contributed by atoms with E-state index in [1.54, 1.807) is 0 Å². The fourth-order valence-electron chi connectivity index (χ4n) is 1.52. The third-order valence-electron chi connectivity index (χ3n) is 2.53. The van der Waals surface area contributed by atoms with E-state index in [1.165, 1.54) is 9.75 Å². The Labute approximate surface area is 107 Å². The molecule has 1 heterocycles. The molecule has 3 N–H and O–H groups in total. The number of hydrogen-bond donors (Lipinski definition) is 2. The van der Waals surface area contributed by atoms with Gasteiger partial charge in [0.05, 0.1) is 0 Å². The average Bonchev–Trinajstić information content (AvgIpc) is 2.61. The Bertz CT molecular complexity index is 379. The van der Waals surface area contributed by atoms with Gasteiger partial charge in [0.2, 0.25) is 5.91 Å². The normalized spacial score (nSPS) is 13.6. The van der Waals surface area contributed by atoms with Crippen LogP contribution in [0.4, 0.5) is 0 Å². The van der Waals surface area contributed by atoms with E-state index in [4.69, 9.17) is 5.73 Å². The lowest BCUT2D eigenvalue weighted by Crippen LogP contribution is -2.30. The molecule has 0 fully saturated rings. The molecular weight excluding hydrogens is 232 g/mol. The molecule has 0 aliphatic carbocycles. The summed E-state index contributed by atoms with van der Waals surface area (Å²) >= 11 is 1.82. The van der Waals surface area contributed by atoms with Gasteiger partial charge >= 0.3 is 0 Å². The minimum absolute atomic E-state index is 0.132. The zero-order valence-electron chi connectivity index (χ0n) is 11.0. The van der Waals surface area contributed by atoms with Crippen LogP contribution in [0.25, 0.3) is 0 Å². The third kappa shape index (κ3) is 4.88. The number of primary amides is 1. The molecule has 1 aromatic rings. The Morgan fingerprint density at radius 1 is 1.47 bits per heavy atom. The predicted octanol–water partition coefficient (Wildman–Crippen LogP) is 2.40. The molecule has 1 amide bonds. The van der Waals surface area contributed by atoms with Gasteiger partial charge in [-0.15, -0.1) is 11.3 Å². The van der Waals surface area contributed by atoms with E-state index in [0.29, 0.717) is 6.42 Å². The second kappa shape index (κ2) is 5.65. The highest BCUT2D eigenvalue weighted by atomic mass is 32.1. The third-order valence-corrected chi connectivity index (χ3v) is 4.04. The number of hydrogen-bond acceptors (Lipinski definition) is 3. The van der Waals surface area contributed by atoms with Crippen molar-refractivity contribution in [2.75, 3.05) is 0 Å². The lowest BCUT2D eigenvalue weighted by Gasteiger charge is -2.15. The zero-order chi connectivity index (χ0) is 13.1. The van der Waals surface area contributed by atoms with Gasteiger partial charge < -0.3 is 11.1 Å². The maximum atomic E-state index is 10.7. The molecule has 96 valence electrons. The lowest BCUT2D eigenvalue weighted by molar-refractivity contribution is -0.118. The summed E-state index contributed by atoms with van der Waals surface area (Å²) in [6.07, 6.45) is 0.386. The van der Waals surface area contributed by atoms with Crippen LogP contribution in [0.1, 0.15) is 43.9 Å². The maximum Gasteiger partial charge on any atom is 0.218 e. The Morgan fingerprint density at radius 3 is 2.59 bits per heavy atom. The smallest absolute Gasteiger partial charge is 0.218 e. The van der Waals surface area contributed by atoms with Crippen molar-refractivity contribution in [3.8, 4) is 0 Å². The number of amides is 1. The molecule has 1 atom stereocenters. The van der Waals surface area contributed by atoms with Gasteiger partial charge in [0.1, 0.15) is 0 Å². The van der Waals surface area contributed by atoms with Crippen LogP contribution in [0.5, 0.6) is 0 Å². The number of thiophene rings is 1. The van der Waals surface area contributed by atoms with Gasteiger partial charge in [0.15, 0.2) is 0 Å². The molecule has 0 aromatic carbocycles. The van der Waals surface area contributed by atoms with Crippen LogP contribution < -0.4 is 11.1 Å². The number of rotatable bonds is 5. The van der Waals surface area contributed by atoms with Gasteiger partial charge in [-0.2, -0.15) is 0 Å². The van der Waals surface area contributed by atoms with E-state index in [9.17, 15) is 4.79 Å². The first-order chi connectivity index (χ1) is 7.79. The standard InChI is InChI=1S/C13H22N2OS/c1-9(7-12(14)16)15-8-10-5-6-11(17-10)13(2,3)4/h5-6,9,15H,7-8H2,1-4H3,(H2,14,16). The first-order valence-corrected chi connectivity index (χ1v) is 6.71. The summed E-state index contributed by atoms with van der Waals surface area (Å²) in [7, 11) is 0. The van der Waals surface area contributed by atoms with Crippen molar-refractivity contribution in [3.05, 3.63) is 21.9 Å². The van der Waals surface area contributed by atoms with Crippen LogP contribution in [-0.2, 0) is 16.8 Å². The first kappa shape index (κ1) is 14.2. The molecular formula is C13H22N2OS. The minimum Gasteiger partial charge on any atom is -0.370 e. The SMILES string of the molecule is CC(CC(N)=O)NCc1ccc(C(C)(C)C)s1. The van der Waals surface area contributed by atoms with Crippen molar-refractivity contribution < 1.29 is 4.79 Å². The fraction of sp³-hybridized carbons (Fsp3) is 0.615. The van der Waals surface area contributed by atoms with Crippen molar-refractivity contribution in [3.63, 3.8) is 0 Å². The van der Waals surface area contributed by atoms with Gasteiger partial charge in [0.25, 0.3) is 0 Å². The van der Waals surface area contributed by atoms with E-state index in [2.05, 4.69) is 38.2 Å². The lowest BCUT2D eigenvalue weighted by atomic mass is 9.95. The highest BCUT2D eigenvalue weighted by molar-refractivity contribution is 7.12. The number of carbonyl (C=O) groups excluding carboxylic acids is 1. The van der Waals surface area contributed by atoms with Crippen molar-refractivity contribution >= 4 is 17.2 Å². The van der Waals surface area contributed by atoms with Gasteiger partial charge in [0, 0.05) is 28.8 Å². The van der Waals surface area contributed by atoms with E-state index in [0.717, 1.165) is 6.54 Å².